The van der Waals surface area contributed by atoms with Crippen molar-refractivity contribution >= 4 is 5.97 Å². The highest BCUT2D eigenvalue weighted by Gasteiger charge is 2.37. The molecule has 0 aromatic rings. The summed E-state index contributed by atoms with van der Waals surface area (Å²) < 4.78 is 4.84. The van der Waals surface area contributed by atoms with Crippen LogP contribution in [0.15, 0.2) is 12.2 Å². The molecule has 1 N–H and O–H groups in total. The second kappa shape index (κ2) is 4.42. The lowest BCUT2D eigenvalue weighted by Gasteiger charge is -2.28. The number of carbonyl (C=O) groups excluding carboxylic acids is 1. The second-order valence-electron chi connectivity index (χ2n) is 3.69. The van der Waals surface area contributed by atoms with Gasteiger partial charge in [-0.25, -0.2) is 0 Å². The molecule has 3 heteroatoms. The third-order valence-corrected chi connectivity index (χ3v) is 1.95. The predicted octanol–water partition coefficient (Wildman–Crippen LogP) is 1.51. The Bertz CT molecular complexity index is 206. The molecule has 76 valence electrons. The number of aliphatic hydroxyl groups is 1. The van der Waals surface area contributed by atoms with Gasteiger partial charge in [0.2, 0.25) is 0 Å². The summed E-state index contributed by atoms with van der Waals surface area (Å²) in [6, 6.07) is 0. The van der Waals surface area contributed by atoms with Crippen LogP contribution in [0, 0.1) is 5.41 Å². The van der Waals surface area contributed by atoms with Crippen molar-refractivity contribution in [2.75, 3.05) is 6.61 Å². The predicted molar refractivity (Wildman–Crippen MR) is 51.2 cm³/mol. The molecule has 0 rings (SSSR count). The highest BCUT2D eigenvalue weighted by Crippen LogP contribution is 2.26. The molecule has 0 bridgehead atoms. The molecular formula is C10H18O3. The Balaban J connectivity index is 4.54. The van der Waals surface area contributed by atoms with Crippen LogP contribution in [-0.4, -0.2) is 23.8 Å². The molecule has 0 aromatic heterocycles. The van der Waals surface area contributed by atoms with Gasteiger partial charge in [0.15, 0.2) is 0 Å². The van der Waals surface area contributed by atoms with Gasteiger partial charge in [-0.3, -0.25) is 4.79 Å². The summed E-state index contributed by atoms with van der Waals surface area (Å²) in [5, 5.41) is 9.65. The summed E-state index contributed by atoms with van der Waals surface area (Å²) in [4.78, 5) is 11.4. The monoisotopic (exact) mass is 186 g/mol. The number of carbonyl (C=O) groups is 1. The van der Waals surface area contributed by atoms with Gasteiger partial charge in [-0.15, -0.1) is 0 Å². The summed E-state index contributed by atoms with van der Waals surface area (Å²) in [6.07, 6.45) is -0.855. The Morgan fingerprint density at radius 2 is 2.08 bits per heavy atom. The van der Waals surface area contributed by atoms with E-state index in [4.69, 9.17) is 4.74 Å². The molecule has 0 amide bonds. The van der Waals surface area contributed by atoms with Gasteiger partial charge in [0, 0.05) is 0 Å². The first kappa shape index (κ1) is 12.2. The molecule has 13 heavy (non-hydrogen) atoms. The summed E-state index contributed by atoms with van der Waals surface area (Å²) in [7, 11) is 0. The third kappa shape index (κ3) is 2.84. The molecule has 0 aliphatic carbocycles. The standard InChI is InChI=1S/C10H18O3/c1-6-13-9(12)10(4,5)8(11)7(2)3/h8,11H,2,6H2,1,3-5H3. The van der Waals surface area contributed by atoms with Crippen LogP contribution in [-0.2, 0) is 9.53 Å². The van der Waals surface area contributed by atoms with Crippen LogP contribution in [0.25, 0.3) is 0 Å². The van der Waals surface area contributed by atoms with Crippen molar-refractivity contribution in [1.82, 2.24) is 0 Å². The lowest BCUT2D eigenvalue weighted by molar-refractivity contribution is -0.158. The van der Waals surface area contributed by atoms with Gasteiger partial charge in [0.25, 0.3) is 0 Å². The lowest BCUT2D eigenvalue weighted by atomic mass is 9.83. The van der Waals surface area contributed by atoms with Crippen LogP contribution >= 0.6 is 0 Å². The molecular weight excluding hydrogens is 168 g/mol. The van der Waals surface area contributed by atoms with Gasteiger partial charge in [-0.2, -0.15) is 0 Å². The van der Waals surface area contributed by atoms with Crippen LogP contribution in [0.4, 0.5) is 0 Å². The van der Waals surface area contributed by atoms with Crippen LogP contribution in [0.1, 0.15) is 27.7 Å². The quantitative estimate of drug-likeness (QED) is 0.534. The van der Waals surface area contributed by atoms with Gasteiger partial charge in [0.05, 0.1) is 18.1 Å². The summed E-state index contributed by atoms with van der Waals surface area (Å²) in [6.45, 7) is 10.6. The number of rotatable bonds is 4. The maximum absolute atomic E-state index is 11.4. The minimum Gasteiger partial charge on any atom is -0.465 e. The smallest absolute Gasteiger partial charge is 0.314 e. The van der Waals surface area contributed by atoms with Crippen LogP contribution in [0.2, 0.25) is 0 Å². The van der Waals surface area contributed by atoms with E-state index < -0.39 is 17.5 Å². The Labute approximate surface area is 79.4 Å². The number of esters is 1. The molecule has 0 radical (unpaired) electrons. The first-order valence-electron chi connectivity index (χ1n) is 4.34. The first-order chi connectivity index (χ1) is 5.84. The SMILES string of the molecule is C=C(C)C(O)C(C)(C)C(=O)OCC. The van der Waals surface area contributed by atoms with Crippen molar-refractivity contribution in [2.45, 2.75) is 33.8 Å². The average molecular weight is 186 g/mol. The molecule has 0 saturated heterocycles. The molecule has 1 atom stereocenters. The van der Waals surface area contributed by atoms with Gasteiger partial charge in [0.1, 0.15) is 0 Å². The van der Waals surface area contributed by atoms with E-state index in [9.17, 15) is 9.90 Å². The maximum atomic E-state index is 11.4. The summed E-state index contributed by atoms with van der Waals surface area (Å²) in [5.41, 5.74) is -0.347. The van der Waals surface area contributed by atoms with E-state index in [2.05, 4.69) is 6.58 Å². The third-order valence-electron chi connectivity index (χ3n) is 1.95. The zero-order chi connectivity index (χ0) is 10.6. The minimum absolute atomic E-state index is 0.325. The normalized spacial score (nSPS) is 13.6. The van der Waals surface area contributed by atoms with Gasteiger partial charge in [-0.1, -0.05) is 12.2 Å². The lowest BCUT2D eigenvalue weighted by Crippen LogP contribution is -2.39. The Morgan fingerprint density at radius 1 is 1.62 bits per heavy atom. The minimum atomic E-state index is -0.915. The second-order valence-corrected chi connectivity index (χ2v) is 3.69. The van der Waals surface area contributed by atoms with Gasteiger partial charge in [-0.05, 0) is 27.7 Å². The van der Waals surface area contributed by atoms with Crippen molar-refractivity contribution in [3.63, 3.8) is 0 Å². The molecule has 3 nitrogen and oxygen atoms in total. The molecule has 0 saturated carbocycles. The number of aliphatic hydroxyl groups excluding tert-OH is 1. The molecule has 1 unspecified atom stereocenters. The maximum Gasteiger partial charge on any atom is 0.314 e. The van der Waals surface area contributed by atoms with Crippen molar-refractivity contribution in [1.29, 1.82) is 0 Å². The van der Waals surface area contributed by atoms with E-state index in [0.29, 0.717) is 12.2 Å². The molecule has 0 fully saturated rings. The van der Waals surface area contributed by atoms with Crippen molar-refractivity contribution in [2.24, 2.45) is 5.41 Å². The van der Waals surface area contributed by atoms with Crippen molar-refractivity contribution in [3.8, 4) is 0 Å². The number of hydrogen-bond donors (Lipinski definition) is 1. The zero-order valence-electron chi connectivity index (χ0n) is 8.76. The molecule has 0 aromatic carbocycles. The largest absolute Gasteiger partial charge is 0.465 e. The van der Waals surface area contributed by atoms with E-state index in [-0.39, 0.29) is 0 Å². The molecule has 0 spiro atoms. The fraction of sp³-hybridized carbons (Fsp3) is 0.700. The van der Waals surface area contributed by atoms with Gasteiger partial charge < -0.3 is 9.84 Å². The Hall–Kier alpha value is -0.830. The van der Waals surface area contributed by atoms with E-state index in [1.165, 1.54) is 0 Å². The fourth-order valence-electron chi connectivity index (χ4n) is 1.04. The molecule has 0 aliphatic heterocycles. The number of hydrogen-bond acceptors (Lipinski definition) is 3. The van der Waals surface area contributed by atoms with Crippen molar-refractivity contribution < 1.29 is 14.6 Å². The van der Waals surface area contributed by atoms with E-state index in [1.54, 1.807) is 27.7 Å². The fourth-order valence-corrected chi connectivity index (χ4v) is 1.04. The summed E-state index contributed by atoms with van der Waals surface area (Å²) in [5.74, 6) is -0.398. The van der Waals surface area contributed by atoms with Crippen molar-refractivity contribution in [3.05, 3.63) is 12.2 Å². The molecule has 0 aliphatic rings. The van der Waals surface area contributed by atoms with Crippen LogP contribution in [0.5, 0.6) is 0 Å². The Kier molecular flexibility index (Phi) is 4.14. The van der Waals surface area contributed by atoms with E-state index in [1.807, 2.05) is 0 Å². The Morgan fingerprint density at radius 3 is 2.38 bits per heavy atom. The highest BCUT2D eigenvalue weighted by atomic mass is 16.5. The van der Waals surface area contributed by atoms with E-state index >= 15 is 0 Å². The molecule has 0 heterocycles. The first-order valence-corrected chi connectivity index (χ1v) is 4.34. The van der Waals surface area contributed by atoms with Gasteiger partial charge >= 0.3 is 5.97 Å². The number of ether oxygens (including phenoxy) is 1. The average Bonchev–Trinajstić information content (AvgIpc) is 2.03. The van der Waals surface area contributed by atoms with E-state index in [0.717, 1.165) is 0 Å². The summed E-state index contributed by atoms with van der Waals surface area (Å²) >= 11 is 0. The highest BCUT2D eigenvalue weighted by molar-refractivity contribution is 5.77. The topological polar surface area (TPSA) is 46.5 Å². The van der Waals surface area contributed by atoms with Crippen LogP contribution < -0.4 is 0 Å². The van der Waals surface area contributed by atoms with Crippen LogP contribution in [0.3, 0.4) is 0 Å². The zero-order valence-corrected chi connectivity index (χ0v) is 8.76.